The fourth-order valence-corrected chi connectivity index (χ4v) is 2.70. The van der Waals surface area contributed by atoms with Crippen molar-refractivity contribution in [3.05, 3.63) is 64.9 Å². The van der Waals surface area contributed by atoms with Crippen LogP contribution in [0.3, 0.4) is 0 Å². The van der Waals surface area contributed by atoms with Crippen LogP contribution in [0.25, 0.3) is 6.08 Å². The Morgan fingerprint density at radius 3 is 2.41 bits per heavy atom. The smallest absolute Gasteiger partial charge is 0.329 e. The third-order valence-electron chi connectivity index (χ3n) is 4.26. The maximum atomic E-state index is 12.5. The van der Waals surface area contributed by atoms with Crippen LogP contribution >= 0.6 is 11.6 Å². The summed E-state index contributed by atoms with van der Waals surface area (Å²) >= 11 is 5.70. The highest BCUT2D eigenvalue weighted by Crippen LogP contribution is 2.35. The summed E-state index contributed by atoms with van der Waals surface area (Å²) in [6.07, 6.45) is 1.71. The van der Waals surface area contributed by atoms with Gasteiger partial charge in [0.05, 0.1) is 5.56 Å². The zero-order valence-electron chi connectivity index (χ0n) is 15.7. The molecule has 0 saturated carbocycles. The van der Waals surface area contributed by atoms with Crippen molar-refractivity contribution in [2.45, 2.75) is 38.5 Å². The number of allylic oxidation sites excluding steroid dienone is 1. The average Bonchev–Trinajstić information content (AvgIpc) is 2.90. The number of rotatable bonds is 3. The maximum Gasteiger partial charge on any atom is 0.329 e. The first kappa shape index (κ1) is 19.2. The molecular weight excluding hydrogens is 364 g/mol. The number of ketones is 1. The number of benzene rings is 2. The quantitative estimate of drug-likeness (QED) is 0.318. The minimum absolute atomic E-state index is 0.0654. The van der Waals surface area contributed by atoms with E-state index in [2.05, 4.69) is 20.8 Å². The average molecular weight is 385 g/mol. The second-order valence-corrected chi connectivity index (χ2v) is 8.16. The number of ether oxygens (including phenoxy) is 2. The van der Waals surface area contributed by atoms with Crippen molar-refractivity contribution < 1.29 is 19.1 Å². The van der Waals surface area contributed by atoms with Crippen LogP contribution in [-0.4, -0.2) is 17.1 Å². The Kier molecular flexibility index (Phi) is 5.11. The van der Waals surface area contributed by atoms with Gasteiger partial charge in [-0.3, -0.25) is 9.59 Å². The van der Waals surface area contributed by atoms with Gasteiger partial charge in [0.1, 0.15) is 16.9 Å². The van der Waals surface area contributed by atoms with Crippen molar-refractivity contribution >= 4 is 29.4 Å². The minimum Gasteiger partial charge on any atom is -0.452 e. The summed E-state index contributed by atoms with van der Waals surface area (Å²) < 4.78 is 10.8. The standard InChI is InChI=1S/C22H21ClO4/c1-13(23)21(25)26-16-9-10-17-18(12-16)27-19(20(17)24)11-14-5-7-15(8-6-14)22(2,3)4/h5-13H,1-4H3/b19-11-. The second-order valence-electron chi connectivity index (χ2n) is 7.51. The van der Waals surface area contributed by atoms with Crippen LogP contribution < -0.4 is 9.47 Å². The molecule has 0 radical (unpaired) electrons. The molecule has 0 aromatic heterocycles. The molecule has 0 spiro atoms. The molecule has 140 valence electrons. The van der Waals surface area contributed by atoms with Crippen molar-refractivity contribution in [3.63, 3.8) is 0 Å². The fourth-order valence-electron chi connectivity index (χ4n) is 2.66. The number of alkyl halides is 1. The molecular formula is C22H21ClO4. The lowest BCUT2D eigenvalue weighted by Crippen LogP contribution is -2.17. The van der Waals surface area contributed by atoms with Gasteiger partial charge in [-0.05, 0) is 41.7 Å². The molecule has 4 nitrogen and oxygen atoms in total. The van der Waals surface area contributed by atoms with Crippen LogP contribution in [0.2, 0.25) is 0 Å². The highest BCUT2D eigenvalue weighted by atomic mass is 35.5. The van der Waals surface area contributed by atoms with Crippen molar-refractivity contribution in [2.75, 3.05) is 0 Å². The molecule has 1 aliphatic rings. The fraction of sp³-hybridized carbons (Fsp3) is 0.273. The minimum atomic E-state index is -0.757. The predicted octanol–water partition coefficient (Wildman–Crippen LogP) is 5.13. The molecule has 0 saturated heterocycles. The number of hydrogen-bond acceptors (Lipinski definition) is 4. The van der Waals surface area contributed by atoms with E-state index in [0.717, 1.165) is 5.56 Å². The van der Waals surface area contributed by atoms with Gasteiger partial charge < -0.3 is 9.47 Å². The number of Topliss-reactive ketones (excluding diaryl/α,β-unsaturated/α-hetero) is 1. The molecule has 0 bridgehead atoms. The van der Waals surface area contributed by atoms with Gasteiger partial charge in [0.25, 0.3) is 0 Å². The summed E-state index contributed by atoms with van der Waals surface area (Å²) in [5.41, 5.74) is 2.59. The Hall–Kier alpha value is -2.59. The van der Waals surface area contributed by atoms with Crippen LogP contribution in [0, 0.1) is 0 Å². The number of halogens is 1. The molecule has 27 heavy (non-hydrogen) atoms. The van der Waals surface area contributed by atoms with Crippen molar-refractivity contribution in [3.8, 4) is 11.5 Å². The number of esters is 1. The summed E-state index contributed by atoms with van der Waals surface area (Å²) in [6, 6.07) is 12.7. The van der Waals surface area contributed by atoms with Gasteiger partial charge >= 0.3 is 5.97 Å². The number of carbonyl (C=O) groups is 2. The molecule has 5 heteroatoms. The zero-order valence-corrected chi connectivity index (χ0v) is 16.5. The van der Waals surface area contributed by atoms with Crippen LogP contribution in [0.15, 0.2) is 48.2 Å². The molecule has 0 aliphatic carbocycles. The Labute approximate surface area is 163 Å². The van der Waals surface area contributed by atoms with Gasteiger partial charge in [0.2, 0.25) is 5.78 Å². The predicted molar refractivity (Wildman–Crippen MR) is 105 cm³/mol. The van der Waals surface area contributed by atoms with Crippen LogP contribution in [0.5, 0.6) is 11.5 Å². The van der Waals surface area contributed by atoms with E-state index >= 15 is 0 Å². The SMILES string of the molecule is CC(Cl)C(=O)Oc1ccc2c(c1)O/C(=C\c1ccc(C(C)(C)C)cc1)C2=O. The van der Waals surface area contributed by atoms with E-state index in [1.165, 1.54) is 18.6 Å². The van der Waals surface area contributed by atoms with E-state index in [1.807, 2.05) is 24.3 Å². The van der Waals surface area contributed by atoms with Crippen LogP contribution in [-0.2, 0) is 10.2 Å². The number of hydrogen-bond donors (Lipinski definition) is 0. The third-order valence-corrected chi connectivity index (χ3v) is 4.44. The third kappa shape index (κ3) is 4.22. The lowest BCUT2D eigenvalue weighted by atomic mass is 9.86. The van der Waals surface area contributed by atoms with Crippen LogP contribution in [0.1, 0.15) is 49.2 Å². The van der Waals surface area contributed by atoms with Gasteiger partial charge in [0.15, 0.2) is 5.76 Å². The Morgan fingerprint density at radius 2 is 1.81 bits per heavy atom. The van der Waals surface area contributed by atoms with E-state index in [1.54, 1.807) is 18.2 Å². The van der Waals surface area contributed by atoms with E-state index in [0.29, 0.717) is 11.3 Å². The largest absolute Gasteiger partial charge is 0.452 e. The summed E-state index contributed by atoms with van der Waals surface area (Å²) in [7, 11) is 0. The van der Waals surface area contributed by atoms with Gasteiger partial charge in [-0.1, -0.05) is 45.0 Å². The second kappa shape index (κ2) is 7.20. The first-order chi connectivity index (χ1) is 12.6. The summed E-state index contributed by atoms with van der Waals surface area (Å²) in [5.74, 6) is 0.131. The molecule has 3 rings (SSSR count). The van der Waals surface area contributed by atoms with E-state index < -0.39 is 11.3 Å². The molecule has 0 amide bonds. The molecule has 2 aromatic carbocycles. The Morgan fingerprint density at radius 1 is 1.15 bits per heavy atom. The zero-order chi connectivity index (χ0) is 19.8. The monoisotopic (exact) mass is 384 g/mol. The maximum absolute atomic E-state index is 12.5. The summed E-state index contributed by atoms with van der Waals surface area (Å²) in [6.45, 7) is 7.98. The highest BCUT2D eigenvalue weighted by molar-refractivity contribution is 6.29. The molecule has 0 fully saturated rings. The summed E-state index contributed by atoms with van der Waals surface area (Å²) in [5, 5.41) is -0.757. The first-order valence-corrected chi connectivity index (χ1v) is 9.13. The van der Waals surface area contributed by atoms with Gasteiger partial charge in [-0.25, -0.2) is 0 Å². The summed E-state index contributed by atoms with van der Waals surface area (Å²) in [4.78, 5) is 24.2. The molecule has 1 heterocycles. The Bertz CT molecular complexity index is 918. The molecule has 1 atom stereocenters. The number of carbonyl (C=O) groups excluding carboxylic acids is 2. The van der Waals surface area contributed by atoms with E-state index in [-0.39, 0.29) is 22.7 Å². The topological polar surface area (TPSA) is 52.6 Å². The van der Waals surface area contributed by atoms with Crippen molar-refractivity contribution in [2.24, 2.45) is 0 Å². The lowest BCUT2D eigenvalue weighted by molar-refractivity contribution is -0.133. The van der Waals surface area contributed by atoms with Gasteiger partial charge in [-0.15, -0.1) is 11.6 Å². The van der Waals surface area contributed by atoms with Gasteiger partial charge in [-0.2, -0.15) is 0 Å². The van der Waals surface area contributed by atoms with Crippen LogP contribution in [0.4, 0.5) is 0 Å². The number of fused-ring (bicyclic) bond motifs is 1. The van der Waals surface area contributed by atoms with E-state index in [4.69, 9.17) is 21.1 Å². The van der Waals surface area contributed by atoms with Crippen molar-refractivity contribution in [1.29, 1.82) is 0 Å². The molecule has 0 N–H and O–H groups in total. The molecule has 1 unspecified atom stereocenters. The normalized spacial score (nSPS) is 16.0. The Balaban J connectivity index is 1.82. The van der Waals surface area contributed by atoms with E-state index in [9.17, 15) is 9.59 Å². The first-order valence-electron chi connectivity index (χ1n) is 8.70. The molecule has 1 aliphatic heterocycles. The van der Waals surface area contributed by atoms with Gasteiger partial charge in [0, 0.05) is 6.07 Å². The lowest BCUT2D eigenvalue weighted by Gasteiger charge is -2.18. The molecule has 2 aromatic rings. The highest BCUT2D eigenvalue weighted by Gasteiger charge is 2.28. The van der Waals surface area contributed by atoms with Crippen molar-refractivity contribution in [1.82, 2.24) is 0 Å².